The van der Waals surface area contributed by atoms with E-state index in [1.165, 1.54) is 0 Å². The Morgan fingerprint density at radius 1 is 1.35 bits per heavy atom. The fourth-order valence-corrected chi connectivity index (χ4v) is 2.60. The zero-order chi connectivity index (χ0) is 12.8. The Morgan fingerprint density at radius 2 is 2.06 bits per heavy atom. The van der Waals surface area contributed by atoms with Gasteiger partial charge in [-0.05, 0) is 19.1 Å². The van der Waals surface area contributed by atoms with Gasteiger partial charge in [0.15, 0.2) is 0 Å². The third-order valence-electron chi connectivity index (χ3n) is 3.00. The highest BCUT2D eigenvalue weighted by molar-refractivity contribution is 7.99. The zero-order valence-electron chi connectivity index (χ0n) is 10.9. The topological polar surface area (TPSA) is 49.4 Å². The first kappa shape index (κ1) is 14.4. The van der Waals surface area contributed by atoms with Crippen LogP contribution in [0.4, 0.5) is 0 Å². The van der Waals surface area contributed by atoms with E-state index in [9.17, 15) is 9.59 Å². The predicted molar refractivity (Wildman–Crippen MR) is 71.0 cm³/mol. The molecule has 1 rings (SSSR count). The van der Waals surface area contributed by atoms with E-state index in [4.69, 9.17) is 0 Å². The molecule has 2 atom stereocenters. The van der Waals surface area contributed by atoms with Crippen LogP contribution in [0.2, 0.25) is 0 Å². The van der Waals surface area contributed by atoms with Gasteiger partial charge in [-0.15, -0.1) is 0 Å². The molecule has 4 nitrogen and oxygen atoms in total. The van der Waals surface area contributed by atoms with Gasteiger partial charge in [0.2, 0.25) is 11.8 Å². The van der Waals surface area contributed by atoms with Gasteiger partial charge in [0.25, 0.3) is 0 Å². The molecule has 0 spiro atoms. The van der Waals surface area contributed by atoms with Crippen LogP contribution in [-0.2, 0) is 9.59 Å². The van der Waals surface area contributed by atoms with E-state index in [-0.39, 0.29) is 23.9 Å². The van der Waals surface area contributed by atoms with Crippen LogP contribution in [0.1, 0.15) is 33.6 Å². The standard InChI is InChI=1S/C12H22N2O2S/c1-4-6-10-12(16)14(7-8-17-5-2)9(3)11(15)13-10/h9-10H,4-8H2,1-3H3,(H,13,15). The molecule has 2 unspecified atom stereocenters. The second kappa shape index (κ2) is 6.89. The summed E-state index contributed by atoms with van der Waals surface area (Å²) in [6.07, 6.45) is 1.64. The van der Waals surface area contributed by atoms with Gasteiger partial charge in [-0.1, -0.05) is 20.3 Å². The molecule has 0 aromatic rings. The van der Waals surface area contributed by atoms with Gasteiger partial charge in [0.05, 0.1) is 0 Å². The minimum atomic E-state index is -0.326. The highest BCUT2D eigenvalue weighted by Crippen LogP contribution is 2.14. The minimum Gasteiger partial charge on any atom is -0.343 e. The van der Waals surface area contributed by atoms with Gasteiger partial charge in [-0.2, -0.15) is 11.8 Å². The number of hydrogen-bond acceptors (Lipinski definition) is 3. The quantitative estimate of drug-likeness (QED) is 0.730. The van der Waals surface area contributed by atoms with Crippen molar-refractivity contribution in [3.05, 3.63) is 0 Å². The normalized spacial score (nSPS) is 25.0. The van der Waals surface area contributed by atoms with Crippen molar-refractivity contribution >= 4 is 23.6 Å². The summed E-state index contributed by atoms with van der Waals surface area (Å²) in [6.45, 7) is 6.59. The van der Waals surface area contributed by atoms with Crippen molar-refractivity contribution in [1.29, 1.82) is 0 Å². The van der Waals surface area contributed by atoms with Gasteiger partial charge in [0.1, 0.15) is 12.1 Å². The maximum Gasteiger partial charge on any atom is 0.245 e. The zero-order valence-corrected chi connectivity index (χ0v) is 11.7. The third kappa shape index (κ3) is 3.63. The van der Waals surface area contributed by atoms with E-state index in [1.807, 2.05) is 6.92 Å². The van der Waals surface area contributed by atoms with Gasteiger partial charge >= 0.3 is 0 Å². The molecule has 1 heterocycles. The summed E-state index contributed by atoms with van der Waals surface area (Å²) in [6, 6.07) is -0.636. The van der Waals surface area contributed by atoms with Crippen LogP contribution in [0, 0.1) is 0 Å². The summed E-state index contributed by atoms with van der Waals surface area (Å²) in [7, 11) is 0. The Labute approximate surface area is 108 Å². The Morgan fingerprint density at radius 3 is 2.65 bits per heavy atom. The minimum absolute atomic E-state index is 0.0236. The van der Waals surface area contributed by atoms with Gasteiger partial charge in [-0.25, -0.2) is 0 Å². The Kier molecular flexibility index (Phi) is 5.82. The Bertz CT molecular complexity index is 284. The van der Waals surface area contributed by atoms with E-state index in [0.29, 0.717) is 6.54 Å². The number of amides is 2. The van der Waals surface area contributed by atoms with Crippen LogP contribution in [0.25, 0.3) is 0 Å². The Balaban J connectivity index is 2.63. The molecule has 98 valence electrons. The van der Waals surface area contributed by atoms with Crippen molar-refractivity contribution in [3.63, 3.8) is 0 Å². The molecule has 0 aliphatic carbocycles. The van der Waals surface area contributed by atoms with E-state index in [1.54, 1.807) is 23.6 Å². The summed E-state index contributed by atoms with van der Waals surface area (Å²) in [5.74, 6) is 2.00. The molecule has 1 fully saturated rings. The number of carbonyl (C=O) groups excluding carboxylic acids is 2. The van der Waals surface area contributed by atoms with Gasteiger partial charge < -0.3 is 10.2 Å². The molecule has 1 N–H and O–H groups in total. The first-order valence-corrected chi connectivity index (χ1v) is 7.45. The molecule has 1 aliphatic rings. The molecule has 1 aliphatic heterocycles. The van der Waals surface area contributed by atoms with E-state index in [2.05, 4.69) is 12.2 Å². The Hall–Kier alpha value is -0.710. The van der Waals surface area contributed by atoms with Crippen LogP contribution < -0.4 is 5.32 Å². The van der Waals surface area contributed by atoms with E-state index >= 15 is 0 Å². The smallest absolute Gasteiger partial charge is 0.245 e. The van der Waals surface area contributed by atoms with Crippen molar-refractivity contribution in [3.8, 4) is 0 Å². The van der Waals surface area contributed by atoms with Crippen molar-refractivity contribution in [2.45, 2.75) is 45.7 Å². The first-order valence-electron chi connectivity index (χ1n) is 6.30. The monoisotopic (exact) mass is 258 g/mol. The molecule has 0 bridgehead atoms. The summed E-state index contributed by atoms with van der Waals surface area (Å²) in [4.78, 5) is 25.6. The number of carbonyl (C=O) groups is 2. The lowest BCUT2D eigenvalue weighted by atomic mass is 10.0. The highest BCUT2D eigenvalue weighted by Gasteiger charge is 2.36. The van der Waals surface area contributed by atoms with Crippen molar-refractivity contribution in [2.24, 2.45) is 0 Å². The molecule has 5 heteroatoms. The van der Waals surface area contributed by atoms with Crippen LogP contribution >= 0.6 is 11.8 Å². The lowest BCUT2D eigenvalue weighted by Crippen LogP contribution is -2.62. The van der Waals surface area contributed by atoms with Gasteiger partial charge in [-0.3, -0.25) is 9.59 Å². The highest BCUT2D eigenvalue weighted by atomic mass is 32.2. The second-order valence-corrected chi connectivity index (χ2v) is 5.65. The maximum absolute atomic E-state index is 12.2. The van der Waals surface area contributed by atoms with E-state index < -0.39 is 0 Å². The number of thioether (sulfide) groups is 1. The molecular formula is C12H22N2O2S. The van der Waals surface area contributed by atoms with Crippen LogP contribution in [0.3, 0.4) is 0 Å². The number of nitrogens with one attached hydrogen (secondary N) is 1. The largest absolute Gasteiger partial charge is 0.343 e. The van der Waals surface area contributed by atoms with Crippen LogP contribution in [-0.4, -0.2) is 46.8 Å². The number of rotatable bonds is 6. The second-order valence-electron chi connectivity index (χ2n) is 4.25. The fourth-order valence-electron chi connectivity index (χ4n) is 1.98. The summed E-state index contributed by atoms with van der Waals surface area (Å²) < 4.78 is 0. The molecule has 0 saturated carbocycles. The SMILES string of the molecule is CCCC1NC(=O)C(C)N(CCSCC)C1=O. The molecule has 0 radical (unpaired) electrons. The van der Waals surface area contributed by atoms with Crippen molar-refractivity contribution < 1.29 is 9.59 Å². The molecule has 1 saturated heterocycles. The van der Waals surface area contributed by atoms with Crippen LogP contribution in [0.5, 0.6) is 0 Å². The summed E-state index contributed by atoms with van der Waals surface area (Å²) in [5.41, 5.74) is 0. The average molecular weight is 258 g/mol. The lowest BCUT2D eigenvalue weighted by molar-refractivity contribution is -0.148. The molecule has 0 aromatic carbocycles. The predicted octanol–water partition coefficient (Wildman–Crippen LogP) is 1.26. The summed E-state index contributed by atoms with van der Waals surface area (Å²) in [5, 5.41) is 2.80. The van der Waals surface area contributed by atoms with Crippen molar-refractivity contribution in [2.75, 3.05) is 18.1 Å². The molecular weight excluding hydrogens is 236 g/mol. The third-order valence-corrected chi connectivity index (χ3v) is 3.88. The van der Waals surface area contributed by atoms with E-state index in [0.717, 1.165) is 24.3 Å². The van der Waals surface area contributed by atoms with Crippen LogP contribution in [0.15, 0.2) is 0 Å². The number of hydrogen-bond donors (Lipinski definition) is 1. The number of piperazine rings is 1. The fraction of sp³-hybridized carbons (Fsp3) is 0.833. The average Bonchev–Trinajstić information content (AvgIpc) is 2.31. The summed E-state index contributed by atoms with van der Waals surface area (Å²) >= 11 is 1.80. The molecule has 17 heavy (non-hydrogen) atoms. The first-order chi connectivity index (χ1) is 8.11. The van der Waals surface area contributed by atoms with Gasteiger partial charge in [0, 0.05) is 12.3 Å². The maximum atomic E-state index is 12.2. The molecule has 0 aromatic heterocycles. The van der Waals surface area contributed by atoms with Crippen molar-refractivity contribution in [1.82, 2.24) is 10.2 Å². The lowest BCUT2D eigenvalue weighted by Gasteiger charge is -2.37. The number of nitrogens with zero attached hydrogens (tertiary/aromatic N) is 1. The molecule has 2 amide bonds.